The van der Waals surface area contributed by atoms with Crippen LogP contribution in [-0.2, 0) is 19.6 Å². The summed E-state index contributed by atoms with van der Waals surface area (Å²) in [6.45, 7) is 5.34. The lowest BCUT2D eigenvalue weighted by atomic mass is 10.0. The first-order valence-electron chi connectivity index (χ1n) is 9.19. The van der Waals surface area contributed by atoms with Crippen LogP contribution in [-0.4, -0.2) is 45.3 Å². The van der Waals surface area contributed by atoms with Gasteiger partial charge in [0, 0.05) is 14.1 Å². The predicted octanol–water partition coefficient (Wildman–Crippen LogP) is 3.24. The van der Waals surface area contributed by atoms with Gasteiger partial charge in [-0.1, -0.05) is 29.8 Å². The van der Waals surface area contributed by atoms with Crippen molar-refractivity contribution < 1.29 is 22.7 Å². The number of hydrogen-bond donors (Lipinski definition) is 1. The molecule has 30 heavy (non-hydrogen) atoms. The second-order valence-electron chi connectivity index (χ2n) is 7.14. The van der Waals surface area contributed by atoms with Crippen molar-refractivity contribution in [1.82, 2.24) is 9.62 Å². The largest absolute Gasteiger partial charge is 0.452 e. The molecule has 1 atom stereocenters. The third-order valence-corrected chi connectivity index (χ3v) is 6.96. The van der Waals surface area contributed by atoms with Gasteiger partial charge in [0.15, 0.2) is 6.61 Å². The number of rotatable bonds is 7. The van der Waals surface area contributed by atoms with Crippen molar-refractivity contribution in [3.05, 3.63) is 63.7 Å². The SMILES string of the molecule is Cc1ccc(C(C)NC(=O)COC(=O)c2ccc(Cl)c(S(=O)(=O)N(C)C)c2)cc1C. The molecule has 0 bridgehead atoms. The fraction of sp³-hybridized carbons (Fsp3) is 0.333. The van der Waals surface area contributed by atoms with Gasteiger partial charge in [-0.2, -0.15) is 0 Å². The van der Waals surface area contributed by atoms with Crippen LogP contribution < -0.4 is 5.32 Å². The molecule has 1 amide bonds. The summed E-state index contributed by atoms with van der Waals surface area (Å²) in [5, 5.41) is 2.76. The van der Waals surface area contributed by atoms with Crippen LogP contribution in [0.3, 0.4) is 0 Å². The Hall–Kier alpha value is -2.42. The number of nitrogens with one attached hydrogen (secondary N) is 1. The Balaban J connectivity index is 2.03. The van der Waals surface area contributed by atoms with Gasteiger partial charge in [0.05, 0.1) is 16.6 Å². The Bertz CT molecular complexity index is 1070. The summed E-state index contributed by atoms with van der Waals surface area (Å²) in [4.78, 5) is 24.3. The number of sulfonamides is 1. The number of amides is 1. The molecular weight excluding hydrogens is 428 g/mol. The Kier molecular flexibility index (Phi) is 7.63. The van der Waals surface area contributed by atoms with Gasteiger partial charge in [-0.05, 0) is 55.7 Å². The summed E-state index contributed by atoms with van der Waals surface area (Å²) in [6.07, 6.45) is 0. The van der Waals surface area contributed by atoms with E-state index in [-0.39, 0.29) is 21.5 Å². The van der Waals surface area contributed by atoms with Gasteiger partial charge >= 0.3 is 5.97 Å². The molecule has 0 saturated carbocycles. The molecule has 0 saturated heterocycles. The van der Waals surface area contributed by atoms with Crippen LogP contribution in [0, 0.1) is 13.8 Å². The van der Waals surface area contributed by atoms with Crippen molar-refractivity contribution in [2.24, 2.45) is 0 Å². The first kappa shape index (κ1) is 23.9. The number of halogens is 1. The van der Waals surface area contributed by atoms with Gasteiger partial charge in [-0.3, -0.25) is 4.79 Å². The Morgan fingerprint density at radius 3 is 2.37 bits per heavy atom. The van der Waals surface area contributed by atoms with Gasteiger partial charge in [-0.25, -0.2) is 17.5 Å². The van der Waals surface area contributed by atoms with Crippen LogP contribution in [0.1, 0.15) is 40.0 Å². The number of nitrogens with zero attached hydrogens (tertiary/aromatic N) is 1. The lowest BCUT2D eigenvalue weighted by Gasteiger charge is -2.16. The number of ether oxygens (including phenoxy) is 1. The molecule has 7 nitrogen and oxygen atoms in total. The fourth-order valence-corrected chi connectivity index (χ4v) is 4.03. The zero-order chi connectivity index (χ0) is 22.6. The van der Waals surface area contributed by atoms with Gasteiger partial charge in [-0.15, -0.1) is 0 Å². The van der Waals surface area contributed by atoms with Crippen LogP contribution in [0.15, 0.2) is 41.3 Å². The lowest BCUT2D eigenvalue weighted by Crippen LogP contribution is -2.31. The third kappa shape index (κ3) is 5.59. The molecule has 1 unspecified atom stereocenters. The van der Waals surface area contributed by atoms with Crippen LogP contribution in [0.2, 0.25) is 5.02 Å². The van der Waals surface area contributed by atoms with E-state index in [0.717, 1.165) is 27.1 Å². The maximum Gasteiger partial charge on any atom is 0.338 e. The van der Waals surface area contributed by atoms with E-state index in [0.29, 0.717) is 0 Å². The van der Waals surface area contributed by atoms with Gasteiger partial charge < -0.3 is 10.1 Å². The molecule has 2 aromatic rings. The second-order valence-corrected chi connectivity index (χ2v) is 9.67. The minimum Gasteiger partial charge on any atom is -0.452 e. The van der Waals surface area contributed by atoms with Crippen molar-refractivity contribution in [1.29, 1.82) is 0 Å². The van der Waals surface area contributed by atoms with Crippen molar-refractivity contribution in [3.8, 4) is 0 Å². The van der Waals surface area contributed by atoms with Crippen molar-refractivity contribution >= 4 is 33.5 Å². The first-order chi connectivity index (χ1) is 13.9. The van der Waals surface area contributed by atoms with E-state index in [1.807, 2.05) is 39.0 Å². The summed E-state index contributed by atoms with van der Waals surface area (Å²) in [5.41, 5.74) is 3.19. The average molecular weight is 453 g/mol. The van der Waals surface area contributed by atoms with Gasteiger partial charge in [0.1, 0.15) is 4.90 Å². The maximum absolute atomic E-state index is 12.3. The van der Waals surface area contributed by atoms with E-state index in [1.165, 1.54) is 26.2 Å². The molecule has 1 N–H and O–H groups in total. The number of carbonyl (C=O) groups is 2. The highest BCUT2D eigenvalue weighted by atomic mass is 35.5. The molecule has 0 aliphatic carbocycles. The molecular formula is C21H25ClN2O5S. The summed E-state index contributed by atoms with van der Waals surface area (Å²) >= 11 is 5.97. The number of hydrogen-bond acceptors (Lipinski definition) is 5. The molecule has 0 spiro atoms. The topological polar surface area (TPSA) is 92.8 Å². The molecule has 0 fully saturated rings. The highest BCUT2D eigenvalue weighted by Crippen LogP contribution is 2.25. The number of esters is 1. The molecule has 162 valence electrons. The van der Waals surface area contributed by atoms with E-state index in [1.54, 1.807) is 0 Å². The minimum atomic E-state index is -3.83. The van der Waals surface area contributed by atoms with Crippen LogP contribution in [0.4, 0.5) is 0 Å². The summed E-state index contributed by atoms with van der Waals surface area (Å²) in [7, 11) is -1.12. The highest BCUT2D eigenvalue weighted by molar-refractivity contribution is 7.89. The number of aryl methyl sites for hydroxylation is 2. The molecule has 9 heteroatoms. The van der Waals surface area contributed by atoms with Crippen molar-refractivity contribution in [3.63, 3.8) is 0 Å². The fourth-order valence-electron chi connectivity index (χ4n) is 2.64. The molecule has 0 radical (unpaired) electrons. The predicted molar refractivity (Wildman–Crippen MR) is 115 cm³/mol. The highest BCUT2D eigenvalue weighted by Gasteiger charge is 2.23. The molecule has 0 aliphatic rings. The minimum absolute atomic E-state index is 0.0137. The number of carbonyl (C=O) groups excluding carboxylic acids is 2. The Morgan fingerprint density at radius 2 is 1.77 bits per heavy atom. The smallest absolute Gasteiger partial charge is 0.338 e. The van der Waals surface area contributed by atoms with E-state index < -0.39 is 28.5 Å². The van der Waals surface area contributed by atoms with E-state index in [4.69, 9.17) is 16.3 Å². The third-order valence-electron chi connectivity index (χ3n) is 4.67. The van der Waals surface area contributed by atoms with Crippen LogP contribution in [0.25, 0.3) is 0 Å². The van der Waals surface area contributed by atoms with E-state index in [9.17, 15) is 18.0 Å². The monoisotopic (exact) mass is 452 g/mol. The van der Waals surface area contributed by atoms with Crippen LogP contribution in [0.5, 0.6) is 0 Å². The lowest BCUT2D eigenvalue weighted by molar-refractivity contribution is -0.124. The molecule has 0 aliphatic heterocycles. The van der Waals surface area contributed by atoms with Gasteiger partial charge in [0.2, 0.25) is 10.0 Å². The Labute approximate surface area is 182 Å². The standard InChI is InChI=1S/C21H25ClN2O5S/c1-13-6-7-16(10-14(13)2)15(3)23-20(25)12-29-21(26)17-8-9-18(22)19(11-17)30(27,28)24(4)5/h6-11,15H,12H2,1-5H3,(H,23,25). The van der Waals surface area contributed by atoms with Gasteiger partial charge in [0.25, 0.3) is 5.91 Å². The second kappa shape index (κ2) is 9.59. The van der Waals surface area contributed by atoms with E-state index >= 15 is 0 Å². The first-order valence-corrected chi connectivity index (χ1v) is 11.0. The summed E-state index contributed by atoms with van der Waals surface area (Å²) in [5.74, 6) is -1.29. The number of benzene rings is 2. The zero-order valence-corrected chi connectivity index (χ0v) is 19.1. The molecule has 0 aromatic heterocycles. The quantitative estimate of drug-likeness (QED) is 0.651. The summed E-state index contributed by atoms with van der Waals surface area (Å²) < 4.78 is 30.7. The molecule has 2 rings (SSSR count). The van der Waals surface area contributed by atoms with Crippen LogP contribution >= 0.6 is 11.6 Å². The average Bonchev–Trinajstić information content (AvgIpc) is 2.68. The zero-order valence-electron chi connectivity index (χ0n) is 17.5. The Morgan fingerprint density at radius 1 is 1.10 bits per heavy atom. The normalized spacial score (nSPS) is 12.5. The molecule has 0 heterocycles. The summed E-state index contributed by atoms with van der Waals surface area (Å²) in [6, 6.07) is 9.42. The van der Waals surface area contributed by atoms with E-state index in [2.05, 4.69) is 5.32 Å². The molecule has 2 aromatic carbocycles. The maximum atomic E-state index is 12.3. The van der Waals surface area contributed by atoms with Crippen molar-refractivity contribution in [2.45, 2.75) is 31.7 Å². The van der Waals surface area contributed by atoms with Crippen molar-refractivity contribution in [2.75, 3.05) is 20.7 Å².